The van der Waals surface area contributed by atoms with E-state index in [9.17, 15) is 13.2 Å². The molecule has 0 spiro atoms. The summed E-state index contributed by atoms with van der Waals surface area (Å²) in [6, 6.07) is 17.1. The zero-order valence-corrected chi connectivity index (χ0v) is 18.1. The fourth-order valence-corrected chi connectivity index (χ4v) is 4.77. The van der Waals surface area contributed by atoms with Crippen LogP contribution in [0.1, 0.15) is 15.9 Å². The van der Waals surface area contributed by atoms with E-state index in [1.165, 1.54) is 6.07 Å². The summed E-state index contributed by atoms with van der Waals surface area (Å²) in [5.74, 6) is 0.586. The fourth-order valence-electron chi connectivity index (χ4n) is 2.71. The topological polar surface area (TPSA) is 75.7 Å². The average molecular weight is 443 g/mol. The predicted octanol–water partition coefficient (Wildman–Crippen LogP) is 4.39. The number of benzene rings is 2. The largest absolute Gasteiger partial charge is 0.490 e. The first kappa shape index (κ1) is 21.6. The minimum atomic E-state index is -3.61. The Bertz CT molecular complexity index is 1090. The summed E-state index contributed by atoms with van der Waals surface area (Å²) in [6.07, 6.45) is 1.68. The minimum absolute atomic E-state index is 0.158. The molecule has 0 bridgehead atoms. The van der Waals surface area contributed by atoms with Crippen LogP contribution in [-0.4, -0.2) is 32.9 Å². The van der Waals surface area contributed by atoms with Crippen molar-refractivity contribution in [2.24, 2.45) is 0 Å². The molecule has 0 saturated heterocycles. The zero-order valence-electron chi connectivity index (χ0n) is 16.4. The second kappa shape index (κ2) is 9.60. The highest BCUT2D eigenvalue weighted by Gasteiger charge is 2.16. The number of carbonyl (C=O) groups excluding carboxylic acids is 1. The van der Waals surface area contributed by atoms with Crippen LogP contribution in [-0.2, 0) is 16.6 Å². The number of carbonyl (C=O) groups is 1. The number of hydrogen-bond donors (Lipinski definition) is 1. The van der Waals surface area contributed by atoms with Crippen LogP contribution in [0.3, 0.4) is 0 Å². The molecule has 0 saturated carbocycles. The van der Waals surface area contributed by atoms with E-state index in [4.69, 9.17) is 4.74 Å². The van der Waals surface area contributed by atoms with Crippen LogP contribution >= 0.6 is 11.3 Å². The number of hydrogen-bond acceptors (Lipinski definition) is 5. The van der Waals surface area contributed by atoms with Gasteiger partial charge in [0.05, 0.1) is 0 Å². The molecule has 1 aromatic heterocycles. The molecule has 0 radical (unpaired) electrons. The molecule has 8 heteroatoms. The van der Waals surface area contributed by atoms with Crippen LogP contribution in [0.15, 0.2) is 82.9 Å². The molecular weight excluding hydrogens is 420 g/mol. The maximum atomic E-state index is 12.7. The van der Waals surface area contributed by atoms with Gasteiger partial charge in [0.1, 0.15) is 16.6 Å². The lowest BCUT2D eigenvalue weighted by Crippen LogP contribution is -2.26. The third kappa shape index (κ3) is 5.49. The number of sulfonamides is 1. The van der Waals surface area contributed by atoms with Gasteiger partial charge in [-0.15, -0.1) is 11.3 Å². The van der Waals surface area contributed by atoms with E-state index in [2.05, 4.69) is 11.3 Å². The molecule has 0 unspecified atom stereocenters. The van der Waals surface area contributed by atoms with Crippen molar-refractivity contribution in [3.8, 4) is 5.75 Å². The zero-order chi connectivity index (χ0) is 21.6. The number of nitrogens with one attached hydrogen (secondary N) is 1. The van der Waals surface area contributed by atoms with Crippen LogP contribution in [0.25, 0.3) is 0 Å². The number of rotatable bonds is 9. The standard InChI is InChI=1S/C22H22N2O4S2/c1-3-14-28-20-12-6-17(7-13-20)16-24(2)22(25)18-8-10-19(11-9-18)23-30(26,27)21-5-4-15-29-21/h3-13,15,23H,1,14,16H2,2H3. The molecule has 1 N–H and O–H groups in total. The van der Waals surface area contributed by atoms with Gasteiger partial charge in [0.15, 0.2) is 0 Å². The Morgan fingerprint density at radius 1 is 1.13 bits per heavy atom. The molecule has 3 aromatic rings. The molecule has 3 rings (SSSR count). The number of amides is 1. The lowest BCUT2D eigenvalue weighted by molar-refractivity contribution is 0.0785. The van der Waals surface area contributed by atoms with Gasteiger partial charge >= 0.3 is 0 Å². The molecule has 2 aromatic carbocycles. The number of anilines is 1. The van der Waals surface area contributed by atoms with E-state index < -0.39 is 10.0 Å². The Balaban J connectivity index is 1.61. The van der Waals surface area contributed by atoms with Gasteiger partial charge in [-0.3, -0.25) is 9.52 Å². The molecule has 1 amide bonds. The van der Waals surface area contributed by atoms with Crippen LogP contribution in [0.2, 0.25) is 0 Å². The summed E-state index contributed by atoms with van der Waals surface area (Å²) in [4.78, 5) is 14.3. The molecule has 1 heterocycles. The molecular formula is C22H22N2O4S2. The second-order valence-electron chi connectivity index (χ2n) is 6.52. The average Bonchev–Trinajstić information content (AvgIpc) is 3.29. The maximum absolute atomic E-state index is 12.7. The SMILES string of the molecule is C=CCOc1ccc(CN(C)C(=O)c2ccc(NS(=O)(=O)c3cccs3)cc2)cc1. The fraction of sp³-hybridized carbons (Fsp3) is 0.136. The normalized spacial score (nSPS) is 11.0. The van der Waals surface area contributed by atoms with E-state index in [1.54, 1.807) is 53.7 Å². The molecule has 0 aliphatic rings. The van der Waals surface area contributed by atoms with E-state index >= 15 is 0 Å². The quantitative estimate of drug-likeness (QED) is 0.499. The van der Waals surface area contributed by atoms with Gasteiger partial charge in [0.25, 0.3) is 15.9 Å². The summed E-state index contributed by atoms with van der Waals surface area (Å²) in [5.41, 5.74) is 1.84. The van der Waals surface area contributed by atoms with Crippen molar-refractivity contribution < 1.29 is 17.9 Å². The molecule has 0 atom stereocenters. The third-order valence-electron chi connectivity index (χ3n) is 4.20. The Kier molecular flexibility index (Phi) is 6.91. The lowest BCUT2D eigenvalue weighted by Gasteiger charge is -2.18. The monoisotopic (exact) mass is 442 g/mol. The van der Waals surface area contributed by atoms with Crippen molar-refractivity contribution in [2.75, 3.05) is 18.4 Å². The third-order valence-corrected chi connectivity index (χ3v) is 6.98. The Morgan fingerprint density at radius 3 is 2.43 bits per heavy atom. The molecule has 156 valence electrons. The summed E-state index contributed by atoms with van der Waals surface area (Å²) in [6.45, 7) is 4.49. The van der Waals surface area contributed by atoms with Crippen molar-refractivity contribution in [1.29, 1.82) is 0 Å². The van der Waals surface area contributed by atoms with Crippen molar-refractivity contribution in [1.82, 2.24) is 4.90 Å². The van der Waals surface area contributed by atoms with Gasteiger partial charge < -0.3 is 9.64 Å². The first-order chi connectivity index (χ1) is 14.4. The van der Waals surface area contributed by atoms with Crippen molar-refractivity contribution in [3.63, 3.8) is 0 Å². The first-order valence-corrected chi connectivity index (χ1v) is 11.5. The van der Waals surface area contributed by atoms with Gasteiger partial charge in [0, 0.05) is 24.8 Å². The van der Waals surface area contributed by atoms with Gasteiger partial charge in [-0.05, 0) is 53.4 Å². The Morgan fingerprint density at radius 2 is 1.83 bits per heavy atom. The number of ether oxygens (including phenoxy) is 1. The van der Waals surface area contributed by atoms with Crippen molar-refractivity contribution in [3.05, 3.63) is 89.8 Å². The number of nitrogens with zero attached hydrogens (tertiary/aromatic N) is 1. The van der Waals surface area contributed by atoms with Crippen LogP contribution in [0, 0.1) is 0 Å². The molecule has 0 aliphatic carbocycles. The van der Waals surface area contributed by atoms with Crippen LogP contribution < -0.4 is 9.46 Å². The highest BCUT2D eigenvalue weighted by molar-refractivity contribution is 7.94. The van der Waals surface area contributed by atoms with Crippen LogP contribution in [0.5, 0.6) is 5.75 Å². The summed E-state index contributed by atoms with van der Waals surface area (Å²) in [5, 5.41) is 1.70. The molecule has 6 nitrogen and oxygen atoms in total. The van der Waals surface area contributed by atoms with Crippen molar-refractivity contribution >= 4 is 33.0 Å². The maximum Gasteiger partial charge on any atom is 0.271 e. The summed E-state index contributed by atoms with van der Waals surface area (Å²) >= 11 is 1.14. The van der Waals surface area contributed by atoms with E-state index in [1.807, 2.05) is 24.3 Å². The summed E-state index contributed by atoms with van der Waals surface area (Å²) < 4.78 is 32.8. The van der Waals surface area contributed by atoms with Gasteiger partial charge in [0.2, 0.25) is 0 Å². The highest BCUT2D eigenvalue weighted by Crippen LogP contribution is 2.21. The van der Waals surface area contributed by atoms with E-state index in [0.717, 1.165) is 22.6 Å². The Labute approximate surface area is 180 Å². The molecule has 0 aliphatic heterocycles. The smallest absolute Gasteiger partial charge is 0.271 e. The lowest BCUT2D eigenvalue weighted by atomic mass is 10.1. The molecule has 0 fully saturated rings. The van der Waals surface area contributed by atoms with E-state index in [-0.39, 0.29) is 10.1 Å². The van der Waals surface area contributed by atoms with E-state index in [0.29, 0.717) is 24.4 Å². The highest BCUT2D eigenvalue weighted by atomic mass is 32.2. The predicted molar refractivity (Wildman–Crippen MR) is 120 cm³/mol. The summed E-state index contributed by atoms with van der Waals surface area (Å²) in [7, 11) is -1.89. The van der Waals surface area contributed by atoms with Gasteiger partial charge in [-0.2, -0.15) is 0 Å². The van der Waals surface area contributed by atoms with Gasteiger partial charge in [-0.25, -0.2) is 8.42 Å². The van der Waals surface area contributed by atoms with Gasteiger partial charge in [-0.1, -0.05) is 30.9 Å². The first-order valence-electron chi connectivity index (χ1n) is 9.13. The minimum Gasteiger partial charge on any atom is -0.490 e. The molecule has 30 heavy (non-hydrogen) atoms. The number of thiophene rings is 1. The van der Waals surface area contributed by atoms with Crippen molar-refractivity contribution in [2.45, 2.75) is 10.8 Å². The Hall–Kier alpha value is -3.10. The van der Waals surface area contributed by atoms with Crippen LogP contribution in [0.4, 0.5) is 5.69 Å². The second-order valence-corrected chi connectivity index (χ2v) is 9.38.